The van der Waals surface area contributed by atoms with Crippen molar-refractivity contribution in [2.45, 2.75) is 6.42 Å². The molecule has 0 amide bonds. The highest BCUT2D eigenvalue weighted by Gasteiger charge is 2.00. The van der Waals surface area contributed by atoms with Gasteiger partial charge in [-0.1, -0.05) is 0 Å². The van der Waals surface area contributed by atoms with Gasteiger partial charge in [0.1, 0.15) is 12.2 Å². The van der Waals surface area contributed by atoms with Crippen LogP contribution in [0.15, 0.2) is 36.8 Å². The fraction of sp³-hybridized carbons (Fsp3) is 0.154. The fourth-order valence-electron chi connectivity index (χ4n) is 1.17. The zero-order valence-corrected chi connectivity index (χ0v) is 10.4. The van der Waals surface area contributed by atoms with Gasteiger partial charge in [-0.05, 0) is 18.2 Å². The molecule has 2 heterocycles. The molecular formula is C13H12N6. The normalized spacial score (nSPS) is 8.37. The molecule has 0 radical (unpaired) electrons. The summed E-state index contributed by atoms with van der Waals surface area (Å²) >= 11 is 0. The van der Waals surface area contributed by atoms with E-state index in [4.69, 9.17) is 10.5 Å². The Bertz CT molecular complexity index is 570. The van der Waals surface area contributed by atoms with E-state index >= 15 is 0 Å². The first-order valence-electron chi connectivity index (χ1n) is 5.47. The zero-order chi connectivity index (χ0) is 13.9. The maximum atomic E-state index is 7.59. The summed E-state index contributed by atoms with van der Waals surface area (Å²) in [6.45, 7) is 0. The lowest BCUT2D eigenvalue weighted by Crippen LogP contribution is -1.95. The highest BCUT2D eigenvalue weighted by atomic mass is 15.0. The second-order valence-corrected chi connectivity index (χ2v) is 3.24. The van der Waals surface area contributed by atoms with Crippen LogP contribution in [0.2, 0.25) is 0 Å². The number of aromatic nitrogens is 3. The smallest absolute Gasteiger partial charge is 0.161 e. The van der Waals surface area contributed by atoms with E-state index in [1.165, 1.54) is 0 Å². The fourth-order valence-corrected chi connectivity index (χ4v) is 1.17. The van der Waals surface area contributed by atoms with Crippen molar-refractivity contribution in [2.75, 3.05) is 12.4 Å². The molecule has 19 heavy (non-hydrogen) atoms. The first-order valence-corrected chi connectivity index (χ1v) is 5.47. The van der Waals surface area contributed by atoms with Gasteiger partial charge in [-0.3, -0.25) is 4.98 Å². The largest absolute Gasteiger partial charge is 0.373 e. The van der Waals surface area contributed by atoms with Crippen LogP contribution in [0, 0.1) is 22.7 Å². The van der Waals surface area contributed by atoms with Crippen molar-refractivity contribution < 1.29 is 0 Å². The first-order chi connectivity index (χ1) is 9.31. The summed E-state index contributed by atoms with van der Waals surface area (Å²) in [5.74, 6) is 1.52. The molecule has 0 aromatic carbocycles. The number of nitriles is 2. The Labute approximate surface area is 111 Å². The third-order valence-corrected chi connectivity index (χ3v) is 2.01. The van der Waals surface area contributed by atoms with Gasteiger partial charge in [0.25, 0.3) is 0 Å². The van der Waals surface area contributed by atoms with Crippen molar-refractivity contribution >= 4 is 5.82 Å². The Kier molecular flexibility index (Phi) is 6.04. The van der Waals surface area contributed by atoms with Crippen LogP contribution in [0.1, 0.15) is 6.42 Å². The Morgan fingerprint density at radius 3 is 2.32 bits per heavy atom. The Morgan fingerprint density at radius 2 is 1.79 bits per heavy atom. The average molecular weight is 252 g/mol. The van der Waals surface area contributed by atoms with Crippen molar-refractivity contribution in [2.24, 2.45) is 0 Å². The quantitative estimate of drug-likeness (QED) is 0.877. The van der Waals surface area contributed by atoms with E-state index < -0.39 is 0 Å². The number of pyridine rings is 1. The van der Waals surface area contributed by atoms with E-state index in [1.54, 1.807) is 30.7 Å². The van der Waals surface area contributed by atoms with Crippen molar-refractivity contribution in [3.05, 3.63) is 36.8 Å². The third kappa shape index (κ3) is 4.80. The van der Waals surface area contributed by atoms with Crippen molar-refractivity contribution in [1.82, 2.24) is 15.0 Å². The van der Waals surface area contributed by atoms with E-state index in [1.807, 2.05) is 25.2 Å². The van der Waals surface area contributed by atoms with Crippen LogP contribution in [0.5, 0.6) is 0 Å². The van der Waals surface area contributed by atoms with Gasteiger partial charge in [0, 0.05) is 31.2 Å². The number of nitrogens with one attached hydrogen (secondary N) is 1. The molecule has 6 heteroatoms. The Balaban J connectivity index is 0.000000312. The van der Waals surface area contributed by atoms with Crippen LogP contribution >= 0.6 is 0 Å². The van der Waals surface area contributed by atoms with Crippen molar-refractivity contribution in [3.63, 3.8) is 0 Å². The van der Waals surface area contributed by atoms with Gasteiger partial charge in [-0.2, -0.15) is 10.5 Å². The number of nitrogens with zero attached hydrogens (tertiary/aromatic N) is 5. The third-order valence-electron chi connectivity index (χ3n) is 2.01. The molecule has 6 nitrogen and oxygen atoms in total. The second kappa shape index (κ2) is 8.15. The summed E-state index contributed by atoms with van der Waals surface area (Å²) in [6.07, 6.45) is 5.18. The summed E-state index contributed by atoms with van der Waals surface area (Å²) in [6, 6.07) is 8.90. The second-order valence-electron chi connectivity index (χ2n) is 3.24. The van der Waals surface area contributed by atoms with Crippen LogP contribution in [-0.2, 0) is 0 Å². The number of hydrogen-bond donors (Lipinski definition) is 1. The predicted molar refractivity (Wildman–Crippen MR) is 70.7 cm³/mol. The molecule has 0 aliphatic heterocycles. The Morgan fingerprint density at radius 1 is 1.11 bits per heavy atom. The van der Waals surface area contributed by atoms with Crippen LogP contribution < -0.4 is 5.32 Å². The number of anilines is 1. The van der Waals surface area contributed by atoms with Crippen LogP contribution in [0.25, 0.3) is 11.4 Å². The van der Waals surface area contributed by atoms with E-state index in [9.17, 15) is 0 Å². The molecule has 94 valence electrons. The van der Waals surface area contributed by atoms with Crippen LogP contribution in [-0.4, -0.2) is 22.0 Å². The summed E-state index contributed by atoms with van der Waals surface area (Å²) in [7, 11) is 1.83. The number of hydrogen-bond acceptors (Lipinski definition) is 6. The molecule has 2 aromatic rings. The summed E-state index contributed by atoms with van der Waals surface area (Å²) in [4.78, 5) is 12.4. The van der Waals surface area contributed by atoms with Gasteiger partial charge < -0.3 is 5.32 Å². The molecule has 0 fully saturated rings. The van der Waals surface area contributed by atoms with Gasteiger partial charge in [0.05, 0.1) is 12.1 Å². The van der Waals surface area contributed by atoms with Crippen molar-refractivity contribution in [3.8, 4) is 23.5 Å². The molecule has 2 rings (SSSR count). The molecule has 1 N–H and O–H groups in total. The van der Waals surface area contributed by atoms with Crippen LogP contribution in [0.3, 0.4) is 0 Å². The van der Waals surface area contributed by atoms with Crippen molar-refractivity contribution in [1.29, 1.82) is 10.5 Å². The number of rotatable bonds is 2. The minimum atomic E-state index is 0. The minimum Gasteiger partial charge on any atom is -0.373 e. The Hall–Kier alpha value is -2.99. The highest BCUT2D eigenvalue weighted by molar-refractivity contribution is 5.55. The monoisotopic (exact) mass is 252 g/mol. The molecule has 0 atom stereocenters. The minimum absolute atomic E-state index is 0. The van der Waals surface area contributed by atoms with Gasteiger partial charge in [0.2, 0.25) is 0 Å². The van der Waals surface area contributed by atoms with Gasteiger partial charge in [-0.15, -0.1) is 0 Å². The van der Waals surface area contributed by atoms with E-state index in [0.717, 1.165) is 11.4 Å². The molecule has 0 saturated heterocycles. The topological polar surface area (TPSA) is 98.3 Å². The SMILES string of the molecule is CNc1ccnc(-c2ccncc2)n1.N#CCC#N. The highest BCUT2D eigenvalue weighted by Crippen LogP contribution is 2.13. The molecule has 2 aromatic heterocycles. The summed E-state index contributed by atoms with van der Waals surface area (Å²) in [5.41, 5.74) is 0.970. The molecular weight excluding hydrogens is 240 g/mol. The molecule has 0 spiro atoms. The summed E-state index contributed by atoms with van der Waals surface area (Å²) in [5, 5.41) is 18.2. The maximum absolute atomic E-state index is 7.59. The van der Waals surface area contributed by atoms with E-state index in [2.05, 4.69) is 20.3 Å². The molecule has 0 unspecified atom stereocenters. The van der Waals surface area contributed by atoms with Gasteiger partial charge >= 0.3 is 0 Å². The molecule has 0 aliphatic rings. The van der Waals surface area contributed by atoms with E-state index in [-0.39, 0.29) is 6.42 Å². The lowest BCUT2D eigenvalue weighted by molar-refractivity contribution is 1.16. The molecule has 0 saturated carbocycles. The molecule has 0 aliphatic carbocycles. The predicted octanol–water partition coefficient (Wildman–Crippen LogP) is 2.00. The van der Waals surface area contributed by atoms with Gasteiger partial charge in [-0.25, -0.2) is 9.97 Å². The van der Waals surface area contributed by atoms with Crippen LogP contribution in [0.4, 0.5) is 5.82 Å². The summed E-state index contributed by atoms with van der Waals surface area (Å²) < 4.78 is 0. The first kappa shape index (κ1) is 14.1. The zero-order valence-electron chi connectivity index (χ0n) is 10.4. The standard InChI is InChI=1S/C10H10N4.C3H2N2/c1-11-9-4-7-13-10(14-9)8-2-5-12-6-3-8;4-2-1-3-5/h2-7H,1H3,(H,11,13,14);1H2. The van der Waals surface area contributed by atoms with E-state index in [0.29, 0.717) is 5.82 Å². The average Bonchev–Trinajstić information content (AvgIpc) is 2.50. The lowest BCUT2D eigenvalue weighted by Gasteiger charge is -2.01. The molecule has 0 bridgehead atoms. The lowest BCUT2D eigenvalue weighted by atomic mass is 10.2. The van der Waals surface area contributed by atoms with Gasteiger partial charge in [0.15, 0.2) is 5.82 Å². The maximum Gasteiger partial charge on any atom is 0.161 e.